The third-order valence-corrected chi connectivity index (χ3v) is 5.08. The van der Waals surface area contributed by atoms with Gasteiger partial charge in [0.25, 0.3) is 0 Å². The molecule has 4 rings (SSSR count). The first-order valence-corrected chi connectivity index (χ1v) is 8.84. The fraction of sp³-hybridized carbons (Fsp3) is 0.125. The Hall–Kier alpha value is -3.00. The van der Waals surface area contributed by atoms with Gasteiger partial charge in [0.15, 0.2) is 5.78 Å². The van der Waals surface area contributed by atoms with Crippen LogP contribution < -0.4 is 0 Å². The molecule has 0 aromatic heterocycles. The number of carbonyl (C=O) groups excluding carboxylic acids is 1. The number of benzene rings is 3. The molecule has 2 heteroatoms. The summed E-state index contributed by atoms with van der Waals surface area (Å²) in [5.74, 6) is -0.370. The van der Waals surface area contributed by atoms with Crippen LogP contribution in [0.1, 0.15) is 33.8 Å². The van der Waals surface area contributed by atoms with Gasteiger partial charge in [-0.2, -0.15) is 0 Å². The topological polar surface area (TPSA) is 17.1 Å². The molecule has 0 aliphatic heterocycles. The van der Waals surface area contributed by atoms with Crippen molar-refractivity contribution in [1.82, 2.24) is 0 Å². The Labute approximate surface area is 152 Å². The Bertz CT molecular complexity index is 927. The van der Waals surface area contributed by atoms with Crippen LogP contribution >= 0.6 is 0 Å². The van der Waals surface area contributed by atoms with Gasteiger partial charge in [-0.15, -0.1) is 0 Å². The fourth-order valence-corrected chi connectivity index (χ4v) is 3.81. The van der Waals surface area contributed by atoms with E-state index in [2.05, 4.69) is 6.08 Å². The smallest absolute Gasteiger partial charge is 0.170 e. The third kappa shape index (κ3) is 3.11. The Morgan fingerprint density at radius 1 is 0.808 bits per heavy atom. The van der Waals surface area contributed by atoms with E-state index in [0.717, 1.165) is 23.1 Å². The highest BCUT2D eigenvalue weighted by molar-refractivity contribution is 6.06. The van der Waals surface area contributed by atoms with Gasteiger partial charge in [-0.1, -0.05) is 78.9 Å². The van der Waals surface area contributed by atoms with Gasteiger partial charge in [0.05, 0.1) is 5.92 Å². The van der Waals surface area contributed by atoms with Gasteiger partial charge >= 0.3 is 0 Å². The summed E-state index contributed by atoms with van der Waals surface area (Å²) >= 11 is 0. The number of hydrogen-bond donors (Lipinski definition) is 0. The van der Waals surface area contributed by atoms with E-state index in [1.165, 1.54) is 12.1 Å². The predicted molar refractivity (Wildman–Crippen MR) is 102 cm³/mol. The summed E-state index contributed by atoms with van der Waals surface area (Å²) in [4.78, 5) is 13.4. The number of halogens is 1. The Morgan fingerprint density at radius 3 is 2.08 bits per heavy atom. The standard InChI is InChI=1S/C24H19FO/c25-20-13-11-18(12-14-20)22-16-15-21(17-7-3-1-4-8-17)23(22)24(26)19-9-5-2-6-10-19/h1-15,22-23H,16H2/t22-,23+/m1/s1. The zero-order valence-corrected chi connectivity index (χ0v) is 14.3. The van der Waals surface area contributed by atoms with E-state index >= 15 is 0 Å². The number of Topliss-reactive ketones (excluding diaryl/α,β-unsaturated/α-hetero) is 1. The van der Waals surface area contributed by atoms with Crippen molar-refractivity contribution in [2.45, 2.75) is 12.3 Å². The maximum Gasteiger partial charge on any atom is 0.170 e. The molecule has 0 bridgehead atoms. The molecule has 3 aromatic rings. The van der Waals surface area contributed by atoms with Crippen molar-refractivity contribution in [2.24, 2.45) is 5.92 Å². The number of allylic oxidation sites excluding steroid dienone is 2. The molecule has 0 N–H and O–H groups in total. The van der Waals surface area contributed by atoms with Crippen LogP contribution in [0, 0.1) is 11.7 Å². The van der Waals surface area contributed by atoms with Crippen molar-refractivity contribution in [1.29, 1.82) is 0 Å². The van der Waals surface area contributed by atoms with Crippen LogP contribution in [-0.2, 0) is 0 Å². The fourth-order valence-electron chi connectivity index (χ4n) is 3.81. The average Bonchev–Trinajstić information content (AvgIpc) is 3.14. The molecule has 0 unspecified atom stereocenters. The molecular formula is C24H19FO. The molecule has 1 aliphatic carbocycles. The van der Waals surface area contributed by atoms with Crippen LogP contribution in [0.15, 0.2) is 91.0 Å². The average molecular weight is 342 g/mol. The normalized spacial score (nSPS) is 19.2. The zero-order chi connectivity index (χ0) is 17.9. The van der Waals surface area contributed by atoms with Gasteiger partial charge in [0, 0.05) is 11.5 Å². The zero-order valence-electron chi connectivity index (χ0n) is 14.3. The lowest BCUT2D eigenvalue weighted by molar-refractivity contribution is 0.0939. The molecule has 128 valence electrons. The van der Waals surface area contributed by atoms with E-state index in [1.54, 1.807) is 12.1 Å². The first kappa shape index (κ1) is 16.5. The molecule has 2 atom stereocenters. The Morgan fingerprint density at radius 2 is 1.42 bits per heavy atom. The highest BCUT2D eigenvalue weighted by Gasteiger charge is 2.37. The summed E-state index contributed by atoms with van der Waals surface area (Å²) in [6.45, 7) is 0. The third-order valence-electron chi connectivity index (χ3n) is 5.08. The van der Waals surface area contributed by atoms with Crippen molar-refractivity contribution in [2.75, 3.05) is 0 Å². The molecule has 0 fully saturated rings. The lowest BCUT2D eigenvalue weighted by Crippen LogP contribution is -2.20. The molecule has 1 aliphatic rings. The Balaban J connectivity index is 1.76. The number of carbonyl (C=O) groups is 1. The monoisotopic (exact) mass is 342 g/mol. The predicted octanol–water partition coefficient (Wildman–Crippen LogP) is 5.90. The lowest BCUT2D eigenvalue weighted by Gasteiger charge is -2.23. The summed E-state index contributed by atoms with van der Waals surface area (Å²) in [7, 11) is 0. The summed E-state index contributed by atoms with van der Waals surface area (Å²) in [5, 5.41) is 0. The quantitative estimate of drug-likeness (QED) is 0.540. The van der Waals surface area contributed by atoms with Crippen LogP contribution in [0.25, 0.3) is 5.57 Å². The molecule has 1 nitrogen and oxygen atoms in total. The minimum atomic E-state index is -0.259. The van der Waals surface area contributed by atoms with Crippen LogP contribution in [0.4, 0.5) is 4.39 Å². The van der Waals surface area contributed by atoms with Crippen molar-refractivity contribution >= 4 is 11.4 Å². The van der Waals surface area contributed by atoms with Gasteiger partial charge in [0.2, 0.25) is 0 Å². The van der Waals surface area contributed by atoms with E-state index in [-0.39, 0.29) is 23.4 Å². The van der Waals surface area contributed by atoms with Crippen LogP contribution in [0.2, 0.25) is 0 Å². The second-order valence-electron chi connectivity index (χ2n) is 6.63. The number of ketones is 1. The van der Waals surface area contributed by atoms with Gasteiger partial charge in [0.1, 0.15) is 5.82 Å². The lowest BCUT2D eigenvalue weighted by atomic mass is 9.79. The first-order chi connectivity index (χ1) is 12.7. The van der Waals surface area contributed by atoms with Crippen LogP contribution in [0.5, 0.6) is 0 Å². The van der Waals surface area contributed by atoms with Crippen molar-refractivity contribution in [3.63, 3.8) is 0 Å². The van der Waals surface area contributed by atoms with Crippen LogP contribution in [-0.4, -0.2) is 5.78 Å². The molecule has 3 aromatic carbocycles. The summed E-state index contributed by atoms with van der Waals surface area (Å²) < 4.78 is 13.4. The maximum atomic E-state index is 13.4. The van der Waals surface area contributed by atoms with Crippen molar-refractivity contribution < 1.29 is 9.18 Å². The highest BCUT2D eigenvalue weighted by Crippen LogP contribution is 2.45. The first-order valence-electron chi connectivity index (χ1n) is 8.84. The molecule has 0 spiro atoms. The SMILES string of the molecule is O=C(c1ccccc1)[C@H]1C(c2ccccc2)=CC[C@@H]1c1ccc(F)cc1. The molecular weight excluding hydrogens is 323 g/mol. The minimum Gasteiger partial charge on any atom is -0.293 e. The highest BCUT2D eigenvalue weighted by atomic mass is 19.1. The minimum absolute atomic E-state index is 0.0264. The number of rotatable bonds is 4. The van der Waals surface area contributed by atoms with Gasteiger partial charge in [-0.3, -0.25) is 4.79 Å². The molecule has 0 saturated heterocycles. The van der Waals surface area contributed by atoms with E-state index < -0.39 is 0 Å². The molecule has 0 heterocycles. The van der Waals surface area contributed by atoms with E-state index in [1.807, 2.05) is 60.7 Å². The van der Waals surface area contributed by atoms with Crippen molar-refractivity contribution in [3.8, 4) is 0 Å². The second kappa shape index (κ2) is 7.09. The summed E-state index contributed by atoms with van der Waals surface area (Å²) in [6, 6.07) is 26.0. The van der Waals surface area contributed by atoms with E-state index in [4.69, 9.17) is 0 Å². The van der Waals surface area contributed by atoms with E-state index in [0.29, 0.717) is 5.56 Å². The largest absolute Gasteiger partial charge is 0.293 e. The summed E-state index contributed by atoms with van der Waals surface area (Å²) in [6.07, 6.45) is 2.94. The molecule has 0 amide bonds. The molecule has 26 heavy (non-hydrogen) atoms. The van der Waals surface area contributed by atoms with Crippen LogP contribution in [0.3, 0.4) is 0 Å². The van der Waals surface area contributed by atoms with Gasteiger partial charge in [-0.05, 0) is 35.3 Å². The maximum absolute atomic E-state index is 13.4. The summed E-state index contributed by atoms with van der Waals surface area (Å²) in [5.41, 5.74) is 3.86. The second-order valence-corrected chi connectivity index (χ2v) is 6.63. The Kier molecular flexibility index (Phi) is 4.49. The number of hydrogen-bond acceptors (Lipinski definition) is 1. The van der Waals surface area contributed by atoms with Crippen molar-refractivity contribution in [3.05, 3.63) is 114 Å². The van der Waals surface area contributed by atoms with Gasteiger partial charge in [-0.25, -0.2) is 4.39 Å². The van der Waals surface area contributed by atoms with E-state index in [9.17, 15) is 9.18 Å². The van der Waals surface area contributed by atoms with Gasteiger partial charge < -0.3 is 0 Å². The molecule has 0 radical (unpaired) electrons. The molecule has 0 saturated carbocycles.